The molecule has 0 aromatic rings. The van der Waals surface area contributed by atoms with E-state index < -0.39 is 10.0 Å². The van der Waals surface area contributed by atoms with Gasteiger partial charge in [0.2, 0.25) is 15.9 Å². The summed E-state index contributed by atoms with van der Waals surface area (Å²) in [4.78, 5) is 11.3. The number of carbonyl (C=O) groups is 1. The van der Waals surface area contributed by atoms with Gasteiger partial charge in [0.15, 0.2) is 0 Å². The molecule has 0 aliphatic rings. The molecule has 6 nitrogen and oxygen atoms in total. The van der Waals surface area contributed by atoms with Gasteiger partial charge in [-0.05, 0) is 26.8 Å². The van der Waals surface area contributed by atoms with E-state index in [-0.39, 0.29) is 18.5 Å². The van der Waals surface area contributed by atoms with Gasteiger partial charge in [-0.2, -0.15) is 0 Å². The molecule has 0 aliphatic heterocycles. The van der Waals surface area contributed by atoms with Crippen LogP contribution < -0.4 is 10.6 Å². The van der Waals surface area contributed by atoms with Crippen molar-refractivity contribution in [2.24, 2.45) is 0 Å². The van der Waals surface area contributed by atoms with E-state index in [9.17, 15) is 13.2 Å². The van der Waals surface area contributed by atoms with Gasteiger partial charge in [0, 0.05) is 19.1 Å². The van der Waals surface area contributed by atoms with Crippen molar-refractivity contribution < 1.29 is 13.2 Å². The number of nitrogens with zero attached hydrogens (tertiary/aromatic N) is 1. The highest BCUT2D eigenvalue weighted by Gasteiger charge is 2.13. The van der Waals surface area contributed by atoms with Crippen LogP contribution in [0.25, 0.3) is 0 Å². The van der Waals surface area contributed by atoms with Gasteiger partial charge in [-0.1, -0.05) is 6.92 Å². The van der Waals surface area contributed by atoms with E-state index in [0.29, 0.717) is 26.1 Å². The average molecular weight is 279 g/mol. The Morgan fingerprint density at radius 3 is 2.39 bits per heavy atom. The van der Waals surface area contributed by atoms with Crippen LogP contribution in [0.4, 0.5) is 0 Å². The van der Waals surface area contributed by atoms with Gasteiger partial charge in [0.1, 0.15) is 0 Å². The molecule has 0 unspecified atom stereocenters. The van der Waals surface area contributed by atoms with Crippen molar-refractivity contribution in [3.63, 3.8) is 0 Å². The SMILES string of the molecule is CCN(CCCNCC(=O)NC(C)C)S(C)(=O)=O. The summed E-state index contributed by atoms with van der Waals surface area (Å²) in [6.45, 7) is 7.47. The summed E-state index contributed by atoms with van der Waals surface area (Å²) in [6.07, 6.45) is 1.90. The second kappa shape index (κ2) is 8.44. The maximum atomic E-state index is 11.3. The number of hydrogen-bond donors (Lipinski definition) is 2. The lowest BCUT2D eigenvalue weighted by molar-refractivity contribution is -0.120. The minimum Gasteiger partial charge on any atom is -0.353 e. The molecule has 0 spiro atoms. The zero-order valence-corrected chi connectivity index (χ0v) is 12.5. The second-order valence-corrected chi connectivity index (χ2v) is 6.49. The number of sulfonamides is 1. The van der Waals surface area contributed by atoms with Gasteiger partial charge in [-0.25, -0.2) is 12.7 Å². The van der Waals surface area contributed by atoms with Crippen molar-refractivity contribution in [3.05, 3.63) is 0 Å². The monoisotopic (exact) mass is 279 g/mol. The summed E-state index contributed by atoms with van der Waals surface area (Å²) in [6, 6.07) is 0.139. The number of carbonyl (C=O) groups excluding carboxylic acids is 1. The highest BCUT2D eigenvalue weighted by atomic mass is 32.2. The van der Waals surface area contributed by atoms with Crippen molar-refractivity contribution in [2.75, 3.05) is 32.4 Å². The largest absolute Gasteiger partial charge is 0.353 e. The number of amides is 1. The molecule has 0 fully saturated rings. The van der Waals surface area contributed by atoms with Gasteiger partial charge in [0.25, 0.3) is 0 Å². The number of hydrogen-bond acceptors (Lipinski definition) is 4. The van der Waals surface area contributed by atoms with Crippen LogP contribution in [0.1, 0.15) is 27.2 Å². The van der Waals surface area contributed by atoms with E-state index >= 15 is 0 Å². The van der Waals surface area contributed by atoms with Crippen LogP contribution in [-0.2, 0) is 14.8 Å². The Morgan fingerprint density at radius 1 is 1.33 bits per heavy atom. The Hall–Kier alpha value is -0.660. The Bertz CT molecular complexity index is 341. The number of nitrogens with one attached hydrogen (secondary N) is 2. The summed E-state index contributed by atoms with van der Waals surface area (Å²) in [7, 11) is -3.11. The van der Waals surface area contributed by atoms with Crippen LogP contribution in [0.15, 0.2) is 0 Å². The minimum atomic E-state index is -3.11. The predicted octanol–water partition coefficient (Wildman–Crippen LogP) is -0.228. The van der Waals surface area contributed by atoms with Crippen LogP contribution in [0.2, 0.25) is 0 Å². The second-order valence-electron chi connectivity index (χ2n) is 4.51. The molecular formula is C11H25N3O3S. The fraction of sp³-hybridized carbons (Fsp3) is 0.909. The molecule has 0 radical (unpaired) electrons. The average Bonchev–Trinajstić information content (AvgIpc) is 2.20. The lowest BCUT2D eigenvalue weighted by atomic mass is 10.3. The molecule has 2 N–H and O–H groups in total. The van der Waals surface area contributed by atoms with Gasteiger partial charge < -0.3 is 10.6 Å². The quantitative estimate of drug-likeness (QED) is 0.572. The molecule has 0 heterocycles. The first-order valence-electron chi connectivity index (χ1n) is 6.22. The molecule has 0 saturated heterocycles. The molecule has 108 valence electrons. The Kier molecular flexibility index (Phi) is 8.13. The summed E-state index contributed by atoms with van der Waals surface area (Å²) >= 11 is 0. The lowest BCUT2D eigenvalue weighted by Crippen LogP contribution is -2.38. The minimum absolute atomic E-state index is 0.0412. The van der Waals surface area contributed by atoms with Crippen LogP contribution in [0.3, 0.4) is 0 Å². The first-order chi connectivity index (χ1) is 8.27. The highest BCUT2D eigenvalue weighted by Crippen LogP contribution is 1.97. The van der Waals surface area contributed by atoms with Crippen molar-refractivity contribution >= 4 is 15.9 Å². The molecular weight excluding hydrogens is 254 g/mol. The number of rotatable bonds is 9. The molecule has 0 aliphatic carbocycles. The van der Waals surface area contributed by atoms with Gasteiger partial charge in [-0.15, -0.1) is 0 Å². The fourth-order valence-corrected chi connectivity index (χ4v) is 2.44. The Morgan fingerprint density at radius 2 is 1.94 bits per heavy atom. The first-order valence-corrected chi connectivity index (χ1v) is 8.07. The summed E-state index contributed by atoms with van der Waals surface area (Å²) in [5, 5.41) is 5.76. The van der Waals surface area contributed by atoms with Gasteiger partial charge in [-0.3, -0.25) is 4.79 Å². The van der Waals surface area contributed by atoms with Crippen molar-refractivity contribution in [1.82, 2.24) is 14.9 Å². The smallest absolute Gasteiger partial charge is 0.234 e. The molecule has 0 bridgehead atoms. The van der Waals surface area contributed by atoms with Crippen LogP contribution >= 0.6 is 0 Å². The standard InChI is InChI=1S/C11H25N3O3S/c1-5-14(18(4,16)17)8-6-7-12-9-11(15)13-10(2)3/h10,12H,5-9H2,1-4H3,(H,13,15). The van der Waals surface area contributed by atoms with Crippen molar-refractivity contribution in [3.8, 4) is 0 Å². The zero-order valence-electron chi connectivity index (χ0n) is 11.7. The molecule has 7 heteroatoms. The third kappa shape index (κ3) is 8.43. The van der Waals surface area contributed by atoms with Gasteiger partial charge >= 0.3 is 0 Å². The molecule has 0 atom stereocenters. The third-order valence-corrected chi connectivity index (χ3v) is 3.70. The predicted molar refractivity (Wildman–Crippen MR) is 72.9 cm³/mol. The van der Waals surface area contributed by atoms with Crippen molar-refractivity contribution in [2.45, 2.75) is 33.2 Å². The third-order valence-electron chi connectivity index (χ3n) is 2.32. The molecule has 0 aromatic carbocycles. The van der Waals surface area contributed by atoms with Crippen LogP contribution in [0, 0.1) is 0 Å². The molecule has 0 aromatic heterocycles. The topological polar surface area (TPSA) is 78.5 Å². The van der Waals surface area contributed by atoms with E-state index in [0.717, 1.165) is 0 Å². The van der Waals surface area contributed by atoms with E-state index in [1.807, 2.05) is 20.8 Å². The van der Waals surface area contributed by atoms with Crippen LogP contribution in [-0.4, -0.2) is 57.1 Å². The zero-order chi connectivity index (χ0) is 14.2. The van der Waals surface area contributed by atoms with E-state index in [4.69, 9.17) is 0 Å². The molecule has 1 amide bonds. The molecule has 18 heavy (non-hydrogen) atoms. The summed E-state index contributed by atoms with van der Waals surface area (Å²) in [5.41, 5.74) is 0. The van der Waals surface area contributed by atoms with Crippen molar-refractivity contribution in [1.29, 1.82) is 0 Å². The fourth-order valence-electron chi connectivity index (χ4n) is 1.51. The normalized spacial score (nSPS) is 12.1. The Balaban J connectivity index is 3.71. The summed E-state index contributed by atoms with van der Waals surface area (Å²) in [5.74, 6) is -0.0412. The van der Waals surface area contributed by atoms with E-state index in [1.165, 1.54) is 10.6 Å². The highest BCUT2D eigenvalue weighted by molar-refractivity contribution is 7.88. The van der Waals surface area contributed by atoms with E-state index in [1.54, 1.807) is 0 Å². The lowest BCUT2D eigenvalue weighted by Gasteiger charge is -2.17. The first kappa shape index (κ1) is 17.3. The molecule has 0 saturated carbocycles. The summed E-state index contributed by atoms with van der Waals surface area (Å²) < 4.78 is 24.0. The van der Waals surface area contributed by atoms with E-state index in [2.05, 4.69) is 10.6 Å². The Labute approximate surface area is 110 Å². The maximum absolute atomic E-state index is 11.3. The van der Waals surface area contributed by atoms with Gasteiger partial charge in [0.05, 0.1) is 12.8 Å². The van der Waals surface area contributed by atoms with Crippen LogP contribution in [0.5, 0.6) is 0 Å². The molecule has 0 rings (SSSR count). The maximum Gasteiger partial charge on any atom is 0.234 e.